The van der Waals surface area contributed by atoms with E-state index < -0.39 is 6.04 Å². The Labute approximate surface area is 247 Å². The van der Waals surface area contributed by atoms with Gasteiger partial charge in [0.2, 0.25) is 5.91 Å². The lowest BCUT2D eigenvalue weighted by Gasteiger charge is -2.40. The van der Waals surface area contributed by atoms with E-state index in [1.54, 1.807) is 24.0 Å². The minimum absolute atomic E-state index is 0.0866. The fourth-order valence-electron chi connectivity index (χ4n) is 5.48. The van der Waals surface area contributed by atoms with Crippen LogP contribution in [0.25, 0.3) is 5.69 Å². The molecule has 1 N–H and O–H groups in total. The van der Waals surface area contributed by atoms with Gasteiger partial charge in [0.05, 0.1) is 31.3 Å². The highest BCUT2D eigenvalue weighted by Gasteiger charge is 2.38. The van der Waals surface area contributed by atoms with Gasteiger partial charge in [-0.3, -0.25) is 9.69 Å². The van der Waals surface area contributed by atoms with Crippen LogP contribution in [0.2, 0.25) is 0 Å². The van der Waals surface area contributed by atoms with Gasteiger partial charge in [0.15, 0.2) is 0 Å². The van der Waals surface area contributed by atoms with Gasteiger partial charge in [-0.2, -0.15) is 0 Å². The molecule has 3 amide bonds. The normalized spacial score (nSPS) is 13.6. The molecule has 0 spiro atoms. The summed E-state index contributed by atoms with van der Waals surface area (Å²) in [5, 5.41) is 2.99. The molecule has 42 heavy (non-hydrogen) atoms. The summed E-state index contributed by atoms with van der Waals surface area (Å²) < 4.78 is 13.4. The molecule has 0 bridgehead atoms. The highest BCUT2D eigenvalue weighted by molar-refractivity contribution is 6.01. The molecule has 1 aliphatic heterocycles. The second kappa shape index (κ2) is 12.9. The molecule has 0 fully saturated rings. The number of carbonyl (C=O) groups excluding carboxylic acids is 2. The molecule has 1 aliphatic rings. The summed E-state index contributed by atoms with van der Waals surface area (Å²) in [5.41, 5.74) is 5.25. The van der Waals surface area contributed by atoms with Crippen molar-refractivity contribution in [1.82, 2.24) is 9.47 Å². The first-order chi connectivity index (χ1) is 20.5. The number of aromatic nitrogens is 1. The highest BCUT2D eigenvalue weighted by atomic mass is 16.5. The summed E-state index contributed by atoms with van der Waals surface area (Å²) in [7, 11) is 3.24. The monoisotopic (exact) mass is 566 g/mol. The van der Waals surface area contributed by atoms with Crippen LogP contribution in [0.1, 0.15) is 49.6 Å². The van der Waals surface area contributed by atoms with Gasteiger partial charge in [-0.05, 0) is 73.0 Å². The van der Waals surface area contributed by atoms with E-state index in [2.05, 4.69) is 23.7 Å². The van der Waals surface area contributed by atoms with E-state index in [0.29, 0.717) is 23.7 Å². The summed E-state index contributed by atoms with van der Waals surface area (Å²) in [6.07, 6.45) is 4.60. The van der Waals surface area contributed by atoms with Crippen LogP contribution < -0.4 is 19.7 Å². The SMILES string of the molecule is CCCCN(CC(=O)N1c2ccccc2-n2cccc2[C@@H]1c1cc(OC)ccc1OC)C(=O)Nc1ccc(CC)cc1. The van der Waals surface area contributed by atoms with Crippen LogP contribution in [0.3, 0.4) is 0 Å². The van der Waals surface area contributed by atoms with Crippen molar-refractivity contribution in [2.75, 3.05) is 37.5 Å². The lowest BCUT2D eigenvalue weighted by molar-refractivity contribution is -0.119. The summed E-state index contributed by atoms with van der Waals surface area (Å²) in [5.74, 6) is 1.10. The largest absolute Gasteiger partial charge is 0.497 e. The number of unbranched alkanes of at least 4 members (excludes halogenated alkanes) is 1. The highest BCUT2D eigenvalue weighted by Crippen LogP contribution is 2.45. The standard InChI is InChI=1S/C34H38N4O4/c1-5-7-20-36(34(40)35-25-16-14-24(6-2)15-17-25)23-32(39)38-29-12-9-8-11-28(29)37-21-10-13-30(37)33(38)27-22-26(41-3)18-19-31(27)42-4/h8-19,21-22,33H,5-7,20,23H2,1-4H3,(H,35,40)/t33-/m0/s1. The van der Waals surface area contributed by atoms with Crippen LogP contribution in [0.15, 0.2) is 85.1 Å². The van der Waals surface area contributed by atoms with E-state index in [9.17, 15) is 9.59 Å². The Hall–Kier alpha value is -4.72. The third-order valence-corrected chi connectivity index (χ3v) is 7.73. The van der Waals surface area contributed by atoms with E-state index in [4.69, 9.17) is 9.47 Å². The number of amides is 3. The van der Waals surface area contributed by atoms with Crippen LogP contribution in [0.5, 0.6) is 11.5 Å². The number of rotatable bonds is 10. The van der Waals surface area contributed by atoms with E-state index >= 15 is 0 Å². The number of hydrogen-bond acceptors (Lipinski definition) is 4. The predicted octanol–water partition coefficient (Wildman–Crippen LogP) is 6.83. The van der Waals surface area contributed by atoms with E-state index in [-0.39, 0.29) is 18.5 Å². The topological polar surface area (TPSA) is 76.0 Å². The van der Waals surface area contributed by atoms with Gasteiger partial charge in [0, 0.05) is 24.0 Å². The van der Waals surface area contributed by atoms with E-state index in [0.717, 1.165) is 41.9 Å². The fraction of sp³-hybridized carbons (Fsp3) is 0.294. The zero-order chi connectivity index (χ0) is 29.6. The minimum atomic E-state index is -0.509. The number of aryl methyl sites for hydroxylation is 1. The van der Waals surface area contributed by atoms with Gasteiger partial charge in [0.25, 0.3) is 0 Å². The van der Waals surface area contributed by atoms with Crippen LogP contribution >= 0.6 is 0 Å². The van der Waals surface area contributed by atoms with Crippen LogP contribution in [0.4, 0.5) is 16.2 Å². The summed E-state index contributed by atoms with van der Waals surface area (Å²) >= 11 is 0. The molecule has 8 heteroatoms. The van der Waals surface area contributed by atoms with Gasteiger partial charge in [0.1, 0.15) is 24.1 Å². The molecular formula is C34H38N4O4. The fourth-order valence-corrected chi connectivity index (χ4v) is 5.48. The van der Waals surface area contributed by atoms with Gasteiger partial charge in [-0.1, -0.05) is 44.5 Å². The van der Waals surface area contributed by atoms with Crippen LogP contribution in [-0.2, 0) is 11.2 Å². The first-order valence-corrected chi connectivity index (χ1v) is 14.4. The maximum absolute atomic E-state index is 14.5. The second-order valence-corrected chi connectivity index (χ2v) is 10.3. The van der Waals surface area contributed by atoms with Crippen LogP contribution in [-0.4, -0.2) is 48.7 Å². The minimum Gasteiger partial charge on any atom is -0.497 e. The quantitative estimate of drug-likeness (QED) is 0.228. The number of urea groups is 1. The Morgan fingerprint density at radius 2 is 1.67 bits per heavy atom. The van der Waals surface area contributed by atoms with Crippen LogP contribution in [0, 0.1) is 0 Å². The molecule has 8 nitrogen and oxygen atoms in total. The number of fused-ring (bicyclic) bond motifs is 3. The molecule has 0 aliphatic carbocycles. The second-order valence-electron chi connectivity index (χ2n) is 10.3. The molecule has 0 saturated carbocycles. The summed E-state index contributed by atoms with van der Waals surface area (Å²) in [6, 6.07) is 24.4. The lowest BCUT2D eigenvalue weighted by Crippen LogP contribution is -2.48. The molecule has 218 valence electrons. The summed E-state index contributed by atoms with van der Waals surface area (Å²) in [4.78, 5) is 31.4. The average Bonchev–Trinajstić information content (AvgIpc) is 3.52. The molecule has 2 heterocycles. The summed E-state index contributed by atoms with van der Waals surface area (Å²) in [6.45, 7) is 4.54. The molecule has 0 unspecified atom stereocenters. The van der Waals surface area contributed by atoms with Gasteiger partial charge in [-0.25, -0.2) is 4.79 Å². The molecule has 3 aromatic carbocycles. The van der Waals surface area contributed by atoms with E-state index in [1.165, 1.54) is 5.56 Å². The Bertz CT molecular complexity index is 1550. The van der Waals surface area contributed by atoms with Crippen molar-refractivity contribution in [3.05, 3.63) is 102 Å². The molecule has 4 aromatic rings. The molecule has 0 radical (unpaired) electrons. The Morgan fingerprint density at radius 3 is 2.36 bits per heavy atom. The number of ether oxygens (including phenoxy) is 2. The van der Waals surface area contributed by atoms with Gasteiger partial charge >= 0.3 is 6.03 Å². The zero-order valence-corrected chi connectivity index (χ0v) is 24.7. The number of nitrogens with zero attached hydrogens (tertiary/aromatic N) is 3. The van der Waals surface area contributed by atoms with Crippen molar-refractivity contribution in [2.24, 2.45) is 0 Å². The first kappa shape index (κ1) is 28.8. The molecular weight excluding hydrogens is 528 g/mol. The molecule has 1 atom stereocenters. The van der Waals surface area contributed by atoms with Gasteiger partial charge in [-0.15, -0.1) is 0 Å². The lowest BCUT2D eigenvalue weighted by atomic mass is 9.96. The number of para-hydroxylation sites is 2. The number of carbonyl (C=O) groups is 2. The maximum Gasteiger partial charge on any atom is 0.322 e. The predicted molar refractivity (Wildman–Crippen MR) is 166 cm³/mol. The molecule has 1 aromatic heterocycles. The van der Waals surface area contributed by atoms with Gasteiger partial charge < -0.3 is 24.3 Å². The van der Waals surface area contributed by atoms with Crippen molar-refractivity contribution >= 4 is 23.3 Å². The third kappa shape index (κ3) is 5.70. The molecule has 5 rings (SSSR count). The van der Waals surface area contributed by atoms with Crippen molar-refractivity contribution in [2.45, 2.75) is 39.2 Å². The number of nitrogens with one attached hydrogen (secondary N) is 1. The van der Waals surface area contributed by atoms with Crippen molar-refractivity contribution in [1.29, 1.82) is 0 Å². The number of hydrogen-bond donors (Lipinski definition) is 1. The Morgan fingerprint density at radius 1 is 0.905 bits per heavy atom. The Kier molecular flexibility index (Phi) is 8.81. The first-order valence-electron chi connectivity index (χ1n) is 14.4. The zero-order valence-electron chi connectivity index (χ0n) is 24.7. The van der Waals surface area contributed by atoms with Crippen molar-refractivity contribution in [3.63, 3.8) is 0 Å². The van der Waals surface area contributed by atoms with Crippen molar-refractivity contribution < 1.29 is 19.1 Å². The van der Waals surface area contributed by atoms with Crippen molar-refractivity contribution in [3.8, 4) is 17.2 Å². The number of methoxy groups -OCH3 is 2. The third-order valence-electron chi connectivity index (χ3n) is 7.73. The average molecular weight is 567 g/mol. The maximum atomic E-state index is 14.5. The Balaban J connectivity index is 1.53. The molecule has 0 saturated heterocycles. The van der Waals surface area contributed by atoms with E-state index in [1.807, 2.05) is 85.1 Å². The number of benzene rings is 3. The smallest absolute Gasteiger partial charge is 0.322 e. The number of anilines is 2.